The van der Waals surface area contributed by atoms with E-state index in [0.29, 0.717) is 35.9 Å². The molecule has 0 saturated heterocycles. The van der Waals surface area contributed by atoms with Crippen molar-refractivity contribution >= 4 is 16.7 Å². The van der Waals surface area contributed by atoms with Crippen molar-refractivity contribution in [2.24, 2.45) is 0 Å². The molecule has 0 radical (unpaired) electrons. The Morgan fingerprint density at radius 3 is 2.16 bits per heavy atom. The topological polar surface area (TPSA) is 70.7 Å². The zero-order valence-electron chi connectivity index (χ0n) is 17.6. The Labute approximate surface area is 184 Å². The lowest BCUT2D eigenvalue weighted by molar-refractivity contribution is 0.290. The van der Waals surface area contributed by atoms with Crippen LogP contribution < -0.4 is 15.0 Å². The van der Waals surface area contributed by atoms with Gasteiger partial charge in [0, 0.05) is 6.54 Å². The lowest BCUT2D eigenvalue weighted by Crippen LogP contribution is -2.22. The largest absolute Gasteiger partial charge is 0.489 e. The summed E-state index contributed by atoms with van der Waals surface area (Å²) in [5, 5.41) is 9.18. The summed E-state index contributed by atoms with van der Waals surface area (Å²) in [5.74, 6) is 2.61. The quantitative estimate of drug-likeness (QED) is 0.390. The predicted molar refractivity (Wildman–Crippen MR) is 122 cm³/mol. The van der Waals surface area contributed by atoms with Gasteiger partial charge < -0.3 is 9.47 Å². The first-order valence-electron chi connectivity index (χ1n) is 10.5. The SMILES string of the molecule is CCn1c(=O)c2ccccc2n2c(COc3ccc(OCc4ccccc4)cc3)nnc12. The van der Waals surface area contributed by atoms with Gasteiger partial charge in [0.15, 0.2) is 5.82 Å². The van der Waals surface area contributed by atoms with Crippen molar-refractivity contribution in [3.63, 3.8) is 0 Å². The Bertz CT molecular complexity index is 1420. The van der Waals surface area contributed by atoms with Crippen molar-refractivity contribution in [1.29, 1.82) is 0 Å². The van der Waals surface area contributed by atoms with Gasteiger partial charge in [-0.05, 0) is 48.9 Å². The zero-order chi connectivity index (χ0) is 21.9. The van der Waals surface area contributed by atoms with E-state index in [0.717, 1.165) is 16.8 Å². The third kappa shape index (κ3) is 3.69. The molecule has 0 saturated carbocycles. The third-order valence-corrected chi connectivity index (χ3v) is 5.33. The molecule has 2 heterocycles. The third-order valence-electron chi connectivity index (χ3n) is 5.33. The van der Waals surface area contributed by atoms with Crippen LogP contribution in [-0.2, 0) is 19.8 Å². The van der Waals surface area contributed by atoms with Crippen LogP contribution in [0.3, 0.4) is 0 Å². The molecular weight excluding hydrogens is 404 g/mol. The van der Waals surface area contributed by atoms with E-state index in [2.05, 4.69) is 10.2 Å². The number of hydrogen-bond acceptors (Lipinski definition) is 5. The fourth-order valence-electron chi connectivity index (χ4n) is 3.71. The molecule has 5 rings (SSSR count). The molecule has 7 nitrogen and oxygen atoms in total. The molecule has 5 aromatic rings. The number of fused-ring (bicyclic) bond motifs is 3. The van der Waals surface area contributed by atoms with Crippen LogP contribution in [0.1, 0.15) is 18.3 Å². The molecule has 32 heavy (non-hydrogen) atoms. The fraction of sp³-hybridized carbons (Fsp3) is 0.160. The van der Waals surface area contributed by atoms with Gasteiger partial charge >= 0.3 is 0 Å². The second-order valence-electron chi connectivity index (χ2n) is 7.35. The predicted octanol–water partition coefficient (Wildman–Crippen LogP) is 4.22. The van der Waals surface area contributed by atoms with Crippen molar-refractivity contribution in [2.75, 3.05) is 0 Å². The van der Waals surface area contributed by atoms with E-state index >= 15 is 0 Å². The number of benzene rings is 3. The number of nitrogens with zero attached hydrogens (tertiary/aromatic N) is 4. The van der Waals surface area contributed by atoms with E-state index in [1.807, 2.05) is 90.2 Å². The second-order valence-corrected chi connectivity index (χ2v) is 7.35. The van der Waals surface area contributed by atoms with Crippen LogP contribution in [0.25, 0.3) is 16.7 Å². The van der Waals surface area contributed by atoms with Crippen LogP contribution in [0.15, 0.2) is 83.7 Å². The molecule has 3 aromatic carbocycles. The molecule has 0 unspecified atom stereocenters. The summed E-state index contributed by atoms with van der Waals surface area (Å²) < 4.78 is 15.3. The summed E-state index contributed by atoms with van der Waals surface area (Å²) in [6, 6.07) is 25.0. The molecule has 0 atom stereocenters. The van der Waals surface area contributed by atoms with Crippen LogP contribution >= 0.6 is 0 Å². The Kier molecular flexibility index (Phi) is 5.29. The van der Waals surface area contributed by atoms with Gasteiger partial charge in [-0.3, -0.25) is 13.8 Å². The number of rotatable bonds is 7. The molecule has 0 N–H and O–H groups in total. The number of ether oxygens (including phenoxy) is 2. The van der Waals surface area contributed by atoms with E-state index in [9.17, 15) is 4.79 Å². The minimum atomic E-state index is -0.0680. The van der Waals surface area contributed by atoms with E-state index in [4.69, 9.17) is 9.47 Å². The van der Waals surface area contributed by atoms with Crippen molar-refractivity contribution in [1.82, 2.24) is 19.2 Å². The molecule has 2 aromatic heterocycles. The number of hydrogen-bond donors (Lipinski definition) is 0. The van der Waals surface area contributed by atoms with Crippen LogP contribution in [0.4, 0.5) is 0 Å². The molecule has 0 spiro atoms. The molecule has 0 aliphatic rings. The fourth-order valence-corrected chi connectivity index (χ4v) is 3.71. The van der Waals surface area contributed by atoms with Crippen LogP contribution in [-0.4, -0.2) is 19.2 Å². The van der Waals surface area contributed by atoms with Crippen LogP contribution in [0, 0.1) is 0 Å². The summed E-state index contributed by atoms with van der Waals surface area (Å²) in [6.07, 6.45) is 0. The van der Waals surface area contributed by atoms with Gasteiger partial charge in [0.05, 0.1) is 10.9 Å². The lowest BCUT2D eigenvalue weighted by atomic mass is 10.2. The lowest BCUT2D eigenvalue weighted by Gasteiger charge is -2.11. The zero-order valence-corrected chi connectivity index (χ0v) is 17.6. The number of aryl methyl sites for hydroxylation is 1. The first-order chi connectivity index (χ1) is 15.7. The van der Waals surface area contributed by atoms with Gasteiger partial charge in [-0.2, -0.15) is 0 Å². The van der Waals surface area contributed by atoms with Gasteiger partial charge in [-0.25, -0.2) is 0 Å². The Hall–Kier alpha value is -4.13. The highest BCUT2D eigenvalue weighted by Crippen LogP contribution is 2.20. The Balaban J connectivity index is 1.35. The summed E-state index contributed by atoms with van der Waals surface area (Å²) >= 11 is 0. The maximum atomic E-state index is 12.8. The molecular formula is C25H22N4O3. The summed E-state index contributed by atoms with van der Waals surface area (Å²) in [5.41, 5.74) is 1.82. The normalized spacial score (nSPS) is 11.2. The average Bonchev–Trinajstić information content (AvgIpc) is 3.27. The van der Waals surface area contributed by atoms with Gasteiger partial charge in [-0.1, -0.05) is 42.5 Å². The van der Waals surface area contributed by atoms with Crippen molar-refractivity contribution in [3.05, 3.63) is 101 Å². The highest BCUT2D eigenvalue weighted by molar-refractivity contribution is 5.80. The first-order valence-corrected chi connectivity index (χ1v) is 10.5. The van der Waals surface area contributed by atoms with Gasteiger partial charge in [0.1, 0.15) is 24.7 Å². The molecule has 0 amide bonds. The van der Waals surface area contributed by atoms with Gasteiger partial charge in [0.2, 0.25) is 5.78 Å². The van der Waals surface area contributed by atoms with Gasteiger partial charge in [-0.15, -0.1) is 10.2 Å². The summed E-state index contributed by atoms with van der Waals surface area (Å²) in [4.78, 5) is 12.8. The molecule has 0 bridgehead atoms. The van der Waals surface area contributed by atoms with Crippen molar-refractivity contribution < 1.29 is 9.47 Å². The smallest absolute Gasteiger partial charge is 0.262 e. The maximum Gasteiger partial charge on any atom is 0.262 e. The minimum Gasteiger partial charge on any atom is -0.489 e. The molecule has 0 aliphatic carbocycles. The second kappa shape index (κ2) is 8.55. The van der Waals surface area contributed by atoms with Crippen molar-refractivity contribution in [2.45, 2.75) is 26.7 Å². The van der Waals surface area contributed by atoms with E-state index < -0.39 is 0 Å². The monoisotopic (exact) mass is 426 g/mol. The van der Waals surface area contributed by atoms with E-state index in [1.165, 1.54) is 0 Å². The first kappa shape index (κ1) is 19.8. The molecule has 160 valence electrons. The number of aromatic nitrogens is 4. The highest BCUT2D eigenvalue weighted by atomic mass is 16.5. The standard InChI is InChI=1S/C25H22N4O3/c1-2-28-24(30)21-10-6-7-11-22(21)29-23(26-27-25(28)29)17-32-20-14-12-19(13-15-20)31-16-18-8-4-3-5-9-18/h3-15H,2,16-17H2,1H3. The van der Waals surface area contributed by atoms with Gasteiger partial charge in [0.25, 0.3) is 5.56 Å². The molecule has 0 fully saturated rings. The summed E-state index contributed by atoms with van der Waals surface area (Å²) in [6.45, 7) is 3.16. The van der Waals surface area contributed by atoms with Crippen LogP contribution in [0.2, 0.25) is 0 Å². The molecule has 0 aliphatic heterocycles. The van der Waals surface area contributed by atoms with E-state index in [-0.39, 0.29) is 12.2 Å². The Morgan fingerprint density at radius 1 is 0.781 bits per heavy atom. The average molecular weight is 426 g/mol. The van der Waals surface area contributed by atoms with Crippen LogP contribution in [0.5, 0.6) is 11.5 Å². The minimum absolute atomic E-state index is 0.0680. The van der Waals surface area contributed by atoms with E-state index in [1.54, 1.807) is 4.57 Å². The van der Waals surface area contributed by atoms with Crippen molar-refractivity contribution in [3.8, 4) is 11.5 Å². The maximum absolute atomic E-state index is 12.8. The molecule has 7 heteroatoms. The number of para-hydroxylation sites is 1. The Morgan fingerprint density at radius 2 is 1.44 bits per heavy atom. The highest BCUT2D eigenvalue weighted by Gasteiger charge is 2.15. The summed E-state index contributed by atoms with van der Waals surface area (Å²) in [7, 11) is 0.